The summed E-state index contributed by atoms with van der Waals surface area (Å²) < 4.78 is 18.8. The monoisotopic (exact) mass is 381 g/mol. The number of ether oxygens (including phenoxy) is 1. The molecule has 0 bridgehead atoms. The summed E-state index contributed by atoms with van der Waals surface area (Å²) in [5, 5.41) is 15.4. The highest BCUT2D eigenvalue weighted by atomic mass is 19.1. The van der Waals surface area contributed by atoms with E-state index in [2.05, 4.69) is 16.7 Å². The topological polar surface area (TPSA) is 74.1 Å². The number of nitrogens with zero attached hydrogens (tertiary/aromatic N) is 1. The zero-order chi connectivity index (χ0) is 19.9. The van der Waals surface area contributed by atoms with Gasteiger partial charge in [-0.1, -0.05) is 36.8 Å². The molecule has 0 aromatic heterocycles. The predicted octanol–water partition coefficient (Wildman–Crippen LogP) is 3.19. The average Bonchev–Trinajstić information content (AvgIpc) is 2.74. The van der Waals surface area contributed by atoms with Gasteiger partial charge in [0, 0.05) is 6.42 Å². The molecular formula is C22H24FN3O2. The SMILES string of the molecule is COc1ccc(-c2ccc(C[C@@H](C#N)NC(=O)C3CCCCN3)cc2)cc1F. The summed E-state index contributed by atoms with van der Waals surface area (Å²) in [6, 6.07) is 13.8. The maximum Gasteiger partial charge on any atom is 0.238 e. The fraction of sp³-hybridized carbons (Fsp3) is 0.364. The van der Waals surface area contributed by atoms with Crippen molar-refractivity contribution in [1.82, 2.24) is 10.6 Å². The number of piperidine rings is 1. The van der Waals surface area contributed by atoms with Crippen molar-refractivity contribution in [3.8, 4) is 22.9 Å². The zero-order valence-corrected chi connectivity index (χ0v) is 15.9. The summed E-state index contributed by atoms with van der Waals surface area (Å²) in [5.41, 5.74) is 2.55. The second-order valence-corrected chi connectivity index (χ2v) is 6.94. The van der Waals surface area contributed by atoms with Crippen molar-refractivity contribution < 1.29 is 13.9 Å². The maximum atomic E-state index is 13.9. The molecule has 1 aliphatic rings. The first-order valence-corrected chi connectivity index (χ1v) is 9.47. The Morgan fingerprint density at radius 1 is 1.29 bits per heavy atom. The molecule has 1 amide bonds. The Balaban J connectivity index is 1.63. The van der Waals surface area contributed by atoms with E-state index >= 15 is 0 Å². The maximum absolute atomic E-state index is 13.9. The van der Waals surface area contributed by atoms with Crippen LogP contribution in [-0.4, -0.2) is 31.6 Å². The van der Waals surface area contributed by atoms with Crippen molar-refractivity contribution in [2.75, 3.05) is 13.7 Å². The van der Waals surface area contributed by atoms with E-state index in [0.29, 0.717) is 6.42 Å². The molecule has 0 radical (unpaired) electrons. The van der Waals surface area contributed by atoms with Gasteiger partial charge in [0.2, 0.25) is 5.91 Å². The van der Waals surface area contributed by atoms with E-state index in [4.69, 9.17) is 4.74 Å². The lowest BCUT2D eigenvalue weighted by Gasteiger charge is -2.23. The van der Waals surface area contributed by atoms with E-state index in [1.165, 1.54) is 13.2 Å². The fourth-order valence-corrected chi connectivity index (χ4v) is 3.39. The Labute approximate surface area is 164 Å². The van der Waals surface area contributed by atoms with Gasteiger partial charge in [0.05, 0.1) is 19.2 Å². The number of hydrogen-bond acceptors (Lipinski definition) is 4. The van der Waals surface area contributed by atoms with Gasteiger partial charge in [-0.3, -0.25) is 4.79 Å². The molecule has 6 heteroatoms. The molecule has 0 spiro atoms. The van der Waals surface area contributed by atoms with Crippen LogP contribution in [0.25, 0.3) is 11.1 Å². The summed E-state index contributed by atoms with van der Waals surface area (Å²) in [5.74, 6) is -0.315. The van der Waals surface area contributed by atoms with Crippen molar-refractivity contribution in [3.05, 3.63) is 53.8 Å². The van der Waals surface area contributed by atoms with Gasteiger partial charge in [-0.25, -0.2) is 4.39 Å². The van der Waals surface area contributed by atoms with Gasteiger partial charge in [-0.2, -0.15) is 5.26 Å². The quantitative estimate of drug-likeness (QED) is 0.806. The minimum absolute atomic E-state index is 0.114. The number of carbonyl (C=O) groups is 1. The third-order valence-corrected chi connectivity index (χ3v) is 4.98. The van der Waals surface area contributed by atoms with Crippen LogP contribution in [0.5, 0.6) is 5.75 Å². The van der Waals surface area contributed by atoms with Crippen LogP contribution in [0.4, 0.5) is 4.39 Å². The molecule has 1 fully saturated rings. The molecule has 1 unspecified atom stereocenters. The first kappa shape index (κ1) is 19.8. The van der Waals surface area contributed by atoms with Crippen molar-refractivity contribution in [1.29, 1.82) is 5.26 Å². The summed E-state index contributed by atoms with van der Waals surface area (Å²) in [7, 11) is 1.43. The molecule has 1 heterocycles. The van der Waals surface area contributed by atoms with Crippen LogP contribution in [0, 0.1) is 17.1 Å². The lowest BCUT2D eigenvalue weighted by atomic mass is 10.00. The summed E-state index contributed by atoms with van der Waals surface area (Å²) in [4.78, 5) is 12.3. The van der Waals surface area contributed by atoms with Crippen molar-refractivity contribution in [2.24, 2.45) is 0 Å². The molecular weight excluding hydrogens is 357 g/mol. The molecule has 2 aromatic carbocycles. The van der Waals surface area contributed by atoms with E-state index in [1.54, 1.807) is 12.1 Å². The third-order valence-electron chi connectivity index (χ3n) is 4.98. The smallest absolute Gasteiger partial charge is 0.238 e. The molecule has 2 aromatic rings. The van der Waals surface area contributed by atoms with E-state index in [0.717, 1.165) is 42.5 Å². The predicted molar refractivity (Wildman–Crippen MR) is 105 cm³/mol. The summed E-state index contributed by atoms with van der Waals surface area (Å²) >= 11 is 0. The Bertz CT molecular complexity index is 855. The molecule has 0 aliphatic carbocycles. The fourth-order valence-electron chi connectivity index (χ4n) is 3.39. The van der Waals surface area contributed by atoms with E-state index in [1.807, 2.05) is 24.3 Å². The minimum Gasteiger partial charge on any atom is -0.494 e. The molecule has 2 N–H and O–H groups in total. The third kappa shape index (κ3) is 4.87. The number of rotatable bonds is 6. The lowest BCUT2D eigenvalue weighted by molar-refractivity contribution is -0.124. The highest BCUT2D eigenvalue weighted by Crippen LogP contribution is 2.26. The van der Waals surface area contributed by atoms with Gasteiger partial charge in [0.15, 0.2) is 11.6 Å². The molecule has 146 valence electrons. The number of benzene rings is 2. The number of nitriles is 1. The molecule has 28 heavy (non-hydrogen) atoms. The zero-order valence-electron chi connectivity index (χ0n) is 15.9. The highest BCUT2D eigenvalue weighted by Gasteiger charge is 2.23. The van der Waals surface area contributed by atoms with Crippen molar-refractivity contribution >= 4 is 5.91 Å². The first-order chi connectivity index (χ1) is 13.6. The van der Waals surface area contributed by atoms with Gasteiger partial charge < -0.3 is 15.4 Å². The lowest BCUT2D eigenvalue weighted by Crippen LogP contribution is -2.49. The molecule has 2 atom stereocenters. The first-order valence-electron chi connectivity index (χ1n) is 9.47. The van der Waals surface area contributed by atoms with Crippen LogP contribution in [0.15, 0.2) is 42.5 Å². The number of hydrogen-bond donors (Lipinski definition) is 2. The second kappa shape index (κ2) is 9.34. The van der Waals surface area contributed by atoms with E-state index in [-0.39, 0.29) is 17.7 Å². The Morgan fingerprint density at radius 2 is 2.04 bits per heavy atom. The number of amides is 1. The minimum atomic E-state index is -0.583. The highest BCUT2D eigenvalue weighted by molar-refractivity contribution is 5.82. The number of carbonyl (C=O) groups excluding carboxylic acids is 1. The van der Waals surface area contributed by atoms with Gasteiger partial charge in [0.25, 0.3) is 0 Å². The molecule has 3 rings (SSSR count). The van der Waals surface area contributed by atoms with Crippen molar-refractivity contribution in [3.63, 3.8) is 0 Å². The average molecular weight is 381 g/mol. The van der Waals surface area contributed by atoms with Gasteiger partial charge in [0.1, 0.15) is 6.04 Å². The number of halogens is 1. The van der Waals surface area contributed by atoms with Gasteiger partial charge >= 0.3 is 0 Å². The molecule has 1 saturated heterocycles. The summed E-state index contributed by atoms with van der Waals surface area (Å²) in [6.07, 6.45) is 3.33. The largest absolute Gasteiger partial charge is 0.494 e. The Hall–Kier alpha value is -2.91. The normalized spacial score (nSPS) is 17.4. The Morgan fingerprint density at radius 3 is 2.64 bits per heavy atom. The number of nitrogens with one attached hydrogen (secondary N) is 2. The van der Waals surface area contributed by atoms with Gasteiger partial charge in [-0.15, -0.1) is 0 Å². The van der Waals surface area contributed by atoms with Crippen LogP contribution in [0.2, 0.25) is 0 Å². The molecule has 0 saturated carbocycles. The van der Waals surface area contributed by atoms with Crippen LogP contribution >= 0.6 is 0 Å². The van der Waals surface area contributed by atoms with Crippen molar-refractivity contribution in [2.45, 2.75) is 37.8 Å². The van der Waals surface area contributed by atoms with Crippen LogP contribution in [0.1, 0.15) is 24.8 Å². The van der Waals surface area contributed by atoms with Crippen LogP contribution < -0.4 is 15.4 Å². The van der Waals surface area contributed by atoms with E-state index < -0.39 is 11.9 Å². The molecule has 1 aliphatic heterocycles. The Kier molecular flexibility index (Phi) is 6.62. The standard InChI is InChI=1S/C22H24FN3O2/c1-28-21-10-9-17(13-19(21)23)16-7-5-15(6-8-16)12-18(14-24)26-22(27)20-4-2-3-11-25-20/h5-10,13,18,20,25H,2-4,11-12H2,1H3,(H,26,27)/t18-,20?/m0/s1. The summed E-state index contributed by atoms with van der Waals surface area (Å²) in [6.45, 7) is 0.836. The van der Waals surface area contributed by atoms with Gasteiger partial charge in [-0.05, 0) is 48.2 Å². The molecule has 5 nitrogen and oxygen atoms in total. The van der Waals surface area contributed by atoms with Crippen LogP contribution in [0.3, 0.4) is 0 Å². The second-order valence-electron chi connectivity index (χ2n) is 6.94. The number of methoxy groups -OCH3 is 1. The van der Waals surface area contributed by atoms with E-state index in [9.17, 15) is 14.4 Å². The van der Waals surface area contributed by atoms with Crippen LogP contribution in [-0.2, 0) is 11.2 Å².